The third kappa shape index (κ3) is 3.91. The van der Waals surface area contributed by atoms with Crippen molar-refractivity contribution in [3.8, 4) is 0 Å². The van der Waals surface area contributed by atoms with Gasteiger partial charge in [0, 0.05) is 25.7 Å². The van der Waals surface area contributed by atoms with Gasteiger partial charge in [-0.15, -0.1) is 0 Å². The Labute approximate surface area is 117 Å². The lowest BCUT2D eigenvalue weighted by Gasteiger charge is -2.10. The number of carbonyl (C=O) groups excluding carboxylic acids is 1. The molecule has 2 rings (SSSR count). The smallest absolute Gasteiger partial charge is 0.221 e. The average molecular weight is 274 g/mol. The number of aryl methyl sites for hydroxylation is 1. The molecule has 3 nitrogen and oxygen atoms in total. The van der Waals surface area contributed by atoms with Crippen LogP contribution in [-0.2, 0) is 17.9 Å². The van der Waals surface area contributed by atoms with Gasteiger partial charge in [0.2, 0.25) is 5.91 Å². The highest BCUT2D eigenvalue weighted by molar-refractivity contribution is 7.08. The minimum Gasteiger partial charge on any atom is -0.326 e. The molecule has 0 aliphatic carbocycles. The second-order valence-corrected chi connectivity index (χ2v) is 5.27. The van der Waals surface area contributed by atoms with Gasteiger partial charge in [-0.2, -0.15) is 11.3 Å². The average Bonchev–Trinajstić information content (AvgIpc) is 2.77. The van der Waals surface area contributed by atoms with E-state index in [0.29, 0.717) is 0 Å². The Morgan fingerprint density at radius 3 is 2.58 bits per heavy atom. The SMILES string of the molecule is CC(=O)Nc1ccccc1CNCc1cscc1C. The van der Waals surface area contributed by atoms with Crippen LogP contribution in [0.5, 0.6) is 0 Å². The van der Waals surface area contributed by atoms with Gasteiger partial charge in [-0.25, -0.2) is 0 Å². The van der Waals surface area contributed by atoms with Crippen molar-refractivity contribution in [1.29, 1.82) is 0 Å². The van der Waals surface area contributed by atoms with Crippen LogP contribution in [0.2, 0.25) is 0 Å². The van der Waals surface area contributed by atoms with E-state index >= 15 is 0 Å². The van der Waals surface area contributed by atoms with Gasteiger partial charge in [-0.3, -0.25) is 4.79 Å². The van der Waals surface area contributed by atoms with Crippen molar-refractivity contribution in [3.63, 3.8) is 0 Å². The maximum absolute atomic E-state index is 11.1. The zero-order chi connectivity index (χ0) is 13.7. The Bertz CT molecular complexity index is 563. The van der Waals surface area contributed by atoms with Crippen molar-refractivity contribution < 1.29 is 4.79 Å². The number of carbonyl (C=O) groups is 1. The number of benzene rings is 1. The number of nitrogens with one attached hydrogen (secondary N) is 2. The van der Waals surface area contributed by atoms with Crippen LogP contribution in [0.3, 0.4) is 0 Å². The molecule has 0 spiro atoms. The maximum Gasteiger partial charge on any atom is 0.221 e. The molecule has 0 unspecified atom stereocenters. The highest BCUT2D eigenvalue weighted by Crippen LogP contribution is 2.16. The third-order valence-electron chi connectivity index (χ3n) is 2.92. The number of thiophene rings is 1. The summed E-state index contributed by atoms with van der Waals surface area (Å²) >= 11 is 1.73. The summed E-state index contributed by atoms with van der Waals surface area (Å²) in [6, 6.07) is 7.86. The number of hydrogen-bond acceptors (Lipinski definition) is 3. The zero-order valence-corrected chi connectivity index (χ0v) is 12.0. The number of rotatable bonds is 5. The second-order valence-electron chi connectivity index (χ2n) is 4.52. The van der Waals surface area contributed by atoms with Crippen LogP contribution in [-0.4, -0.2) is 5.91 Å². The van der Waals surface area contributed by atoms with Gasteiger partial charge in [-0.05, 0) is 40.4 Å². The molecule has 0 radical (unpaired) electrons. The molecule has 0 aliphatic rings. The van der Waals surface area contributed by atoms with Crippen molar-refractivity contribution in [2.45, 2.75) is 26.9 Å². The van der Waals surface area contributed by atoms with Crippen LogP contribution >= 0.6 is 11.3 Å². The first-order valence-corrected chi connectivity index (χ1v) is 7.19. The second kappa shape index (κ2) is 6.50. The molecule has 100 valence electrons. The zero-order valence-electron chi connectivity index (χ0n) is 11.2. The molecule has 1 amide bonds. The fraction of sp³-hybridized carbons (Fsp3) is 0.267. The van der Waals surface area contributed by atoms with E-state index in [2.05, 4.69) is 28.3 Å². The van der Waals surface area contributed by atoms with Crippen molar-refractivity contribution in [2.24, 2.45) is 0 Å². The summed E-state index contributed by atoms with van der Waals surface area (Å²) in [6.07, 6.45) is 0. The fourth-order valence-electron chi connectivity index (χ4n) is 1.89. The largest absolute Gasteiger partial charge is 0.326 e. The first kappa shape index (κ1) is 13.8. The predicted octanol–water partition coefficient (Wildman–Crippen LogP) is 3.30. The van der Waals surface area contributed by atoms with E-state index in [0.717, 1.165) is 24.3 Å². The molecule has 2 aromatic rings. The normalized spacial score (nSPS) is 10.4. The minimum absolute atomic E-state index is 0.0406. The maximum atomic E-state index is 11.1. The summed E-state index contributed by atoms with van der Waals surface area (Å²) in [5, 5.41) is 10.6. The van der Waals surface area contributed by atoms with Crippen LogP contribution in [0.1, 0.15) is 23.6 Å². The van der Waals surface area contributed by atoms with E-state index in [1.54, 1.807) is 11.3 Å². The Morgan fingerprint density at radius 2 is 1.89 bits per heavy atom. The molecule has 1 heterocycles. The summed E-state index contributed by atoms with van der Waals surface area (Å²) in [7, 11) is 0. The molecule has 0 saturated carbocycles. The van der Waals surface area contributed by atoms with Crippen LogP contribution < -0.4 is 10.6 Å². The summed E-state index contributed by atoms with van der Waals surface area (Å²) in [5.74, 6) is -0.0406. The van der Waals surface area contributed by atoms with E-state index in [1.165, 1.54) is 18.1 Å². The molecule has 4 heteroatoms. The molecule has 1 aromatic heterocycles. The van der Waals surface area contributed by atoms with Gasteiger partial charge in [0.15, 0.2) is 0 Å². The van der Waals surface area contributed by atoms with Gasteiger partial charge in [0.25, 0.3) is 0 Å². The number of amides is 1. The molecular formula is C15H18N2OS. The minimum atomic E-state index is -0.0406. The van der Waals surface area contributed by atoms with Gasteiger partial charge in [0.05, 0.1) is 0 Å². The first-order chi connectivity index (χ1) is 9.16. The van der Waals surface area contributed by atoms with Gasteiger partial charge >= 0.3 is 0 Å². The molecular weight excluding hydrogens is 256 g/mol. The highest BCUT2D eigenvalue weighted by atomic mass is 32.1. The van der Waals surface area contributed by atoms with Crippen molar-refractivity contribution in [3.05, 3.63) is 51.7 Å². The third-order valence-corrected chi connectivity index (χ3v) is 3.83. The Balaban J connectivity index is 1.96. The Kier molecular flexibility index (Phi) is 4.71. The lowest BCUT2D eigenvalue weighted by molar-refractivity contribution is -0.114. The highest BCUT2D eigenvalue weighted by Gasteiger charge is 2.04. The molecule has 0 fully saturated rings. The molecule has 1 aromatic carbocycles. The van der Waals surface area contributed by atoms with Gasteiger partial charge in [0.1, 0.15) is 0 Å². The summed E-state index contributed by atoms with van der Waals surface area (Å²) in [5.41, 5.74) is 4.64. The quantitative estimate of drug-likeness (QED) is 0.878. The topological polar surface area (TPSA) is 41.1 Å². The standard InChI is InChI=1S/C15H18N2OS/c1-11-9-19-10-14(11)8-16-7-13-5-3-4-6-15(13)17-12(2)18/h3-6,9-10,16H,7-8H2,1-2H3,(H,17,18). The Hall–Kier alpha value is -1.65. The molecule has 19 heavy (non-hydrogen) atoms. The number of hydrogen-bond donors (Lipinski definition) is 2. The van der Waals surface area contributed by atoms with E-state index < -0.39 is 0 Å². The van der Waals surface area contributed by atoms with Gasteiger partial charge in [-0.1, -0.05) is 18.2 Å². The summed E-state index contributed by atoms with van der Waals surface area (Å²) in [4.78, 5) is 11.1. The van der Waals surface area contributed by atoms with E-state index in [4.69, 9.17) is 0 Å². The van der Waals surface area contributed by atoms with Crippen LogP contribution in [0.4, 0.5) is 5.69 Å². The van der Waals surface area contributed by atoms with Crippen LogP contribution in [0.25, 0.3) is 0 Å². The van der Waals surface area contributed by atoms with Crippen molar-refractivity contribution in [2.75, 3.05) is 5.32 Å². The number of para-hydroxylation sites is 1. The summed E-state index contributed by atoms with van der Waals surface area (Å²) in [6.45, 7) is 5.24. The van der Waals surface area contributed by atoms with Crippen molar-refractivity contribution in [1.82, 2.24) is 5.32 Å². The molecule has 0 atom stereocenters. The number of anilines is 1. The fourth-order valence-corrected chi connectivity index (χ4v) is 2.74. The monoisotopic (exact) mass is 274 g/mol. The first-order valence-electron chi connectivity index (χ1n) is 6.24. The van der Waals surface area contributed by atoms with Crippen LogP contribution in [0, 0.1) is 6.92 Å². The van der Waals surface area contributed by atoms with Crippen molar-refractivity contribution >= 4 is 22.9 Å². The lowest BCUT2D eigenvalue weighted by atomic mass is 10.1. The van der Waals surface area contributed by atoms with Crippen LogP contribution in [0.15, 0.2) is 35.0 Å². The molecule has 0 aliphatic heterocycles. The van der Waals surface area contributed by atoms with Gasteiger partial charge < -0.3 is 10.6 Å². The molecule has 2 N–H and O–H groups in total. The molecule has 0 saturated heterocycles. The van der Waals surface area contributed by atoms with E-state index in [-0.39, 0.29) is 5.91 Å². The lowest BCUT2D eigenvalue weighted by Crippen LogP contribution is -2.15. The Morgan fingerprint density at radius 1 is 1.16 bits per heavy atom. The van der Waals surface area contributed by atoms with E-state index in [1.807, 2.05) is 24.3 Å². The predicted molar refractivity (Wildman–Crippen MR) is 80.3 cm³/mol. The molecule has 0 bridgehead atoms. The summed E-state index contributed by atoms with van der Waals surface area (Å²) < 4.78 is 0. The van der Waals surface area contributed by atoms with E-state index in [9.17, 15) is 4.79 Å².